The number of carbonyl (C=O) groups is 3. The maximum atomic E-state index is 13.9. The average molecular weight is 1090 g/mol. The number of likely N-dealkylation sites (tertiary alicyclic amines) is 1. The Hall–Kier alpha value is -5.86. The van der Waals surface area contributed by atoms with Gasteiger partial charge in [-0.25, -0.2) is 18.4 Å². The van der Waals surface area contributed by atoms with Crippen LogP contribution < -0.4 is 30.9 Å². The zero-order valence-corrected chi connectivity index (χ0v) is 47.8. The van der Waals surface area contributed by atoms with Gasteiger partial charge in [0.15, 0.2) is 15.7 Å². The van der Waals surface area contributed by atoms with E-state index >= 15 is 0 Å². The molecule has 4 atom stereocenters. The Balaban J connectivity index is 1.03. The lowest BCUT2D eigenvalue weighted by atomic mass is 9.85. The van der Waals surface area contributed by atoms with Gasteiger partial charge in [0.05, 0.1) is 63.1 Å². The Morgan fingerprint density at radius 1 is 0.947 bits per heavy atom. The number of β-amino-alcohol motifs (C(OH)–C–C–N with tert-alkyl or cyclic N) is 1. The van der Waals surface area contributed by atoms with Gasteiger partial charge in [-0.05, 0) is 120 Å². The van der Waals surface area contributed by atoms with Gasteiger partial charge in [0.25, 0.3) is 0 Å². The molecule has 1 aliphatic heterocycles. The number of sulfone groups is 1. The van der Waals surface area contributed by atoms with Crippen molar-refractivity contribution < 1.29 is 32.6 Å². The number of hydrogen-bond donors (Lipinski definition) is 5. The van der Waals surface area contributed by atoms with E-state index in [-0.39, 0.29) is 46.5 Å². The molecule has 75 heavy (non-hydrogen) atoms. The highest BCUT2D eigenvalue weighted by molar-refractivity contribution is 7.92. The molecule has 0 radical (unpaired) electrons. The maximum Gasteiger partial charge on any atom is 0.246 e. The summed E-state index contributed by atoms with van der Waals surface area (Å²) in [5.41, 5.74) is 8.45. The Labute approximate surface area is 452 Å². The van der Waals surface area contributed by atoms with Crippen LogP contribution in [0.3, 0.4) is 0 Å². The quantitative estimate of drug-likeness (QED) is 0.0387. The Bertz CT molecular complexity index is 2930. The van der Waals surface area contributed by atoms with Gasteiger partial charge >= 0.3 is 0 Å². The standard InChI is InChI=1S/C55H75ClN10O7S2/c1-33(2)75(71,72)48-19-15-14-18-43(48)61-51-42(56)30-57-54(63-51)62-44-26-34(3)38(28-47(44)73-12)22-25-64(10)23-16-13-17-24-65(11)45-27-39(20-21-41(45)49-36(5)58-32-74-49)35(4)59-52(69)46-29-40(68)31-66(46)53(70)50(55(7,8)9)60-37(6)67/h14-15,18-21,26-28,30,32-33,35,40,46,50,68H,13,16-17,22-25,29,31H2,1-12H3,(H,59,69)(H,60,67)(H2,57,61,62,63)/t35-,40+,46-,50+/m0/s1. The molecule has 0 unspecified atom stereocenters. The summed E-state index contributed by atoms with van der Waals surface area (Å²) in [6, 6.07) is 14.8. The van der Waals surface area contributed by atoms with Crippen LogP contribution in [-0.4, -0.2) is 127 Å². The largest absolute Gasteiger partial charge is 0.495 e. The molecule has 3 aromatic carbocycles. The number of nitrogens with one attached hydrogen (secondary N) is 4. The van der Waals surface area contributed by atoms with Gasteiger partial charge in [0, 0.05) is 51.3 Å². The van der Waals surface area contributed by atoms with Crippen LogP contribution >= 0.6 is 22.9 Å². The third kappa shape index (κ3) is 14.8. The number of aliphatic hydroxyl groups is 1. The molecule has 3 amide bonds. The number of aryl methyl sites for hydroxylation is 2. The number of anilines is 5. The van der Waals surface area contributed by atoms with Gasteiger partial charge in [-0.2, -0.15) is 4.98 Å². The van der Waals surface area contributed by atoms with E-state index in [1.165, 1.54) is 18.0 Å². The molecular weight excluding hydrogens is 1010 g/mol. The van der Waals surface area contributed by atoms with Crippen molar-refractivity contribution in [2.75, 3.05) is 62.9 Å². The number of ether oxygens (including phenoxy) is 1. The first-order chi connectivity index (χ1) is 35.4. The number of aliphatic hydroxyl groups excluding tert-OH is 1. The average Bonchev–Trinajstić information content (AvgIpc) is 3.97. The van der Waals surface area contributed by atoms with E-state index in [0.717, 1.165) is 83.8 Å². The molecule has 0 spiro atoms. The third-order valence-corrected chi connectivity index (χ3v) is 17.1. The second kappa shape index (κ2) is 25.3. The zero-order valence-electron chi connectivity index (χ0n) is 45.4. The molecule has 1 fully saturated rings. The molecule has 2 aromatic heterocycles. The van der Waals surface area contributed by atoms with Crippen LogP contribution in [0.4, 0.5) is 28.8 Å². The van der Waals surface area contributed by atoms with E-state index < -0.39 is 50.6 Å². The van der Waals surface area contributed by atoms with Crippen molar-refractivity contribution in [3.05, 3.63) is 93.7 Å². The minimum Gasteiger partial charge on any atom is -0.495 e. The number of thiazole rings is 1. The molecular formula is C55H75ClN10O7S2. The smallest absolute Gasteiger partial charge is 0.246 e. The number of unbranched alkanes of at least 4 members (excludes halogenated alkanes) is 2. The molecule has 1 saturated heterocycles. The summed E-state index contributed by atoms with van der Waals surface area (Å²) in [7, 11) is 2.27. The van der Waals surface area contributed by atoms with E-state index in [9.17, 15) is 27.9 Å². The predicted molar refractivity (Wildman–Crippen MR) is 300 cm³/mol. The summed E-state index contributed by atoms with van der Waals surface area (Å²) in [4.78, 5) is 60.6. The van der Waals surface area contributed by atoms with E-state index in [0.29, 0.717) is 17.1 Å². The number of likely N-dealkylation sites (N-methyl/N-ethyl adjacent to an activating group) is 1. The molecule has 20 heteroatoms. The summed E-state index contributed by atoms with van der Waals surface area (Å²) < 4.78 is 32.0. The second-order valence-corrected chi connectivity index (χ2v) is 24.6. The maximum absolute atomic E-state index is 13.9. The predicted octanol–water partition coefficient (Wildman–Crippen LogP) is 9.02. The number of methoxy groups -OCH3 is 1. The summed E-state index contributed by atoms with van der Waals surface area (Å²) in [6.45, 7) is 18.8. The highest BCUT2D eigenvalue weighted by Gasteiger charge is 2.44. The van der Waals surface area contributed by atoms with Gasteiger partial charge in [-0.1, -0.05) is 63.1 Å². The monoisotopic (exact) mass is 1090 g/mol. The van der Waals surface area contributed by atoms with Gasteiger partial charge in [0.1, 0.15) is 22.9 Å². The fourth-order valence-electron chi connectivity index (χ4n) is 9.15. The van der Waals surface area contributed by atoms with Crippen LogP contribution in [0.2, 0.25) is 5.02 Å². The molecule has 406 valence electrons. The molecule has 6 rings (SSSR count). The minimum absolute atomic E-state index is 0.00988. The van der Waals surface area contributed by atoms with Crippen molar-refractivity contribution in [3.63, 3.8) is 0 Å². The van der Waals surface area contributed by atoms with E-state index in [4.69, 9.17) is 16.3 Å². The van der Waals surface area contributed by atoms with E-state index in [1.807, 2.05) is 58.3 Å². The number of nitrogens with zero attached hydrogens (tertiary/aromatic N) is 6. The van der Waals surface area contributed by atoms with Crippen molar-refractivity contribution in [2.24, 2.45) is 5.41 Å². The first-order valence-electron chi connectivity index (χ1n) is 25.5. The number of hydrogen-bond acceptors (Lipinski definition) is 15. The molecule has 5 N–H and O–H groups in total. The van der Waals surface area contributed by atoms with Gasteiger partial charge < -0.3 is 45.8 Å². The minimum atomic E-state index is -3.58. The van der Waals surface area contributed by atoms with Crippen LogP contribution in [0.15, 0.2) is 71.2 Å². The number of amides is 3. The summed E-state index contributed by atoms with van der Waals surface area (Å²) in [6.07, 6.45) is 4.53. The Morgan fingerprint density at radius 3 is 2.33 bits per heavy atom. The highest BCUT2D eigenvalue weighted by atomic mass is 35.5. The zero-order chi connectivity index (χ0) is 54.9. The molecule has 3 heterocycles. The molecule has 5 aromatic rings. The lowest BCUT2D eigenvalue weighted by molar-refractivity contribution is -0.144. The van der Waals surface area contributed by atoms with Crippen molar-refractivity contribution in [1.82, 2.24) is 35.4 Å². The SMILES string of the molecule is COc1cc(CCN(C)CCCCCN(C)c2cc([C@H](C)NC(=O)[C@@H]3C[C@@H](O)CN3C(=O)[C@@H](NC(C)=O)C(C)(C)C)ccc2-c2scnc2C)c(C)cc1Nc1ncc(Cl)c(Nc2ccccc2S(=O)(=O)C(C)C)n1. The number of carbonyl (C=O) groups excluding carboxylic acids is 3. The van der Waals surface area contributed by atoms with Crippen molar-refractivity contribution in [1.29, 1.82) is 0 Å². The van der Waals surface area contributed by atoms with Crippen LogP contribution in [0.25, 0.3) is 10.4 Å². The lowest BCUT2D eigenvalue weighted by Crippen LogP contribution is -2.57. The lowest BCUT2D eigenvalue weighted by Gasteiger charge is -2.35. The van der Waals surface area contributed by atoms with Crippen molar-refractivity contribution in [2.45, 2.75) is 129 Å². The van der Waals surface area contributed by atoms with Crippen molar-refractivity contribution >= 4 is 79.3 Å². The molecule has 17 nitrogen and oxygen atoms in total. The van der Waals surface area contributed by atoms with Gasteiger partial charge in [-0.15, -0.1) is 11.3 Å². The summed E-state index contributed by atoms with van der Waals surface area (Å²) >= 11 is 8.09. The van der Waals surface area contributed by atoms with Crippen molar-refractivity contribution in [3.8, 4) is 16.2 Å². The molecule has 0 aliphatic carbocycles. The fourth-order valence-corrected chi connectivity index (χ4v) is 11.3. The van der Waals surface area contributed by atoms with E-state index in [1.54, 1.807) is 56.6 Å². The topological polar surface area (TPSA) is 211 Å². The second-order valence-electron chi connectivity index (χ2n) is 20.9. The van der Waals surface area contributed by atoms with Crippen LogP contribution in [-0.2, 0) is 30.6 Å². The number of aromatic nitrogens is 3. The number of para-hydroxylation sites is 1. The summed E-state index contributed by atoms with van der Waals surface area (Å²) in [5.74, 6) is 0.0413. The van der Waals surface area contributed by atoms with Gasteiger partial charge in [0.2, 0.25) is 23.7 Å². The highest BCUT2D eigenvalue weighted by Crippen LogP contribution is 2.38. The van der Waals surface area contributed by atoms with Gasteiger partial charge in [-0.3, -0.25) is 14.4 Å². The first kappa shape index (κ1) is 58.4. The Morgan fingerprint density at radius 2 is 1.67 bits per heavy atom. The normalized spacial score (nSPS) is 15.7. The summed E-state index contributed by atoms with van der Waals surface area (Å²) in [5, 5.41) is 22.5. The van der Waals surface area contributed by atoms with Crippen LogP contribution in [0.5, 0.6) is 5.75 Å². The number of benzene rings is 3. The van der Waals surface area contributed by atoms with Crippen LogP contribution in [0, 0.1) is 19.3 Å². The Kier molecular flexibility index (Phi) is 19.7. The molecule has 0 bridgehead atoms. The fraction of sp³-hybridized carbons (Fsp3) is 0.491. The number of halogens is 1. The van der Waals surface area contributed by atoms with E-state index in [2.05, 4.69) is 79.2 Å². The third-order valence-electron chi connectivity index (χ3n) is 13.6. The number of rotatable bonds is 23. The first-order valence-corrected chi connectivity index (χ1v) is 28.3. The molecule has 0 saturated carbocycles. The van der Waals surface area contributed by atoms with Crippen LogP contribution in [0.1, 0.15) is 103 Å². The molecule has 1 aliphatic rings.